The zero-order chi connectivity index (χ0) is 15.5. The van der Waals surface area contributed by atoms with Crippen molar-refractivity contribution in [2.45, 2.75) is 0 Å². The SMILES string of the molecule is COC=C(C=C(C=CC(=O)OC)C(=O)OC)C(=O)OC. The molecule has 0 radical (unpaired) electrons. The fourth-order valence-corrected chi connectivity index (χ4v) is 1.07. The third-order valence-corrected chi connectivity index (χ3v) is 2.00. The number of ether oxygens (including phenoxy) is 4. The van der Waals surface area contributed by atoms with Crippen LogP contribution in [0.4, 0.5) is 0 Å². The molecule has 0 N–H and O–H groups in total. The number of carbonyl (C=O) groups excluding carboxylic acids is 3. The number of carbonyl (C=O) groups is 3. The normalized spacial score (nSPS) is 12.0. The lowest BCUT2D eigenvalue weighted by atomic mass is 10.1. The first-order valence-electron chi connectivity index (χ1n) is 5.37. The summed E-state index contributed by atoms with van der Waals surface area (Å²) in [4.78, 5) is 34.0. The molecule has 0 rings (SSSR count). The Kier molecular flexibility index (Phi) is 8.17. The smallest absolute Gasteiger partial charge is 0.341 e. The lowest BCUT2D eigenvalue weighted by Gasteiger charge is -2.03. The molecule has 7 heteroatoms. The highest BCUT2D eigenvalue weighted by Crippen LogP contribution is 2.09. The standard InChI is InChI=1S/C13H16O7/c1-17-8-10(13(16)20-4)7-9(12(15)19-3)5-6-11(14)18-2/h5-8H,1-4H3. The van der Waals surface area contributed by atoms with E-state index in [4.69, 9.17) is 4.74 Å². The van der Waals surface area contributed by atoms with Crippen LogP contribution in [0, 0.1) is 0 Å². The lowest BCUT2D eigenvalue weighted by molar-refractivity contribution is -0.136. The molecule has 0 saturated carbocycles. The molecule has 0 spiro atoms. The number of hydrogen-bond acceptors (Lipinski definition) is 7. The van der Waals surface area contributed by atoms with E-state index in [0.29, 0.717) is 0 Å². The van der Waals surface area contributed by atoms with Crippen molar-refractivity contribution >= 4 is 17.9 Å². The van der Waals surface area contributed by atoms with Gasteiger partial charge in [-0.1, -0.05) is 0 Å². The van der Waals surface area contributed by atoms with Crippen LogP contribution < -0.4 is 0 Å². The van der Waals surface area contributed by atoms with Crippen molar-refractivity contribution < 1.29 is 33.3 Å². The average molecular weight is 284 g/mol. The summed E-state index contributed by atoms with van der Waals surface area (Å²) in [7, 11) is 4.87. The molecule has 0 saturated heterocycles. The Balaban J connectivity index is 5.49. The van der Waals surface area contributed by atoms with E-state index in [1.807, 2.05) is 0 Å². The van der Waals surface area contributed by atoms with E-state index >= 15 is 0 Å². The predicted molar refractivity (Wildman–Crippen MR) is 68.4 cm³/mol. The Morgan fingerprint density at radius 2 is 1.30 bits per heavy atom. The molecule has 7 nitrogen and oxygen atoms in total. The van der Waals surface area contributed by atoms with Gasteiger partial charge < -0.3 is 18.9 Å². The number of methoxy groups -OCH3 is 4. The van der Waals surface area contributed by atoms with E-state index in [0.717, 1.165) is 18.4 Å². The largest absolute Gasteiger partial charge is 0.503 e. The maximum Gasteiger partial charge on any atom is 0.341 e. The molecule has 110 valence electrons. The second kappa shape index (κ2) is 9.37. The van der Waals surface area contributed by atoms with E-state index in [1.54, 1.807) is 0 Å². The van der Waals surface area contributed by atoms with Gasteiger partial charge in [0.15, 0.2) is 0 Å². The zero-order valence-electron chi connectivity index (χ0n) is 11.7. The fourth-order valence-electron chi connectivity index (χ4n) is 1.07. The van der Waals surface area contributed by atoms with Crippen LogP contribution in [0.5, 0.6) is 0 Å². The molecule has 0 aliphatic rings. The molecule has 0 bridgehead atoms. The number of hydrogen-bond donors (Lipinski definition) is 0. The Bertz CT molecular complexity index is 457. The first-order chi connectivity index (χ1) is 9.49. The zero-order valence-corrected chi connectivity index (χ0v) is 11.7. The second-order valence-corrected chi connectivity index (χ2v) is 3.25. The quantitative estimate of drug-likeness (QED) is 0.231. The monoisotopic (exact) mass is 284 g/mol. The highest BCUT2D eigenvalue weighted by molar-refractivity contribution is 5.98. The highest BCUT2D eigenvalue weighted by atomic mass is 16.5. The molecule has 20 heavy (non-hydrogen) atoms. The Hall–Kier alpha value is -2.57. The summed E-state index contributed by atoms with van der Waals surface area (Å²) in [6.45, 7) is 0. The average Bonchev–Trinajstić information content (AvgIpc) is 2.48. The third kappa shape index (κ3) is 5.85. The van der Waals surface area contributed by atoms with Gasteiger partial charge in [0, 0.05) is 6.08 Å². The van der Waals surface area contributed by atoms with E-state index in [-0.39, 0.29) is 11.1 Å². The first-order valence-corrected chi connectivity index (χ1v) is 5.37. The van der Waals surface area contributed by atoms with Crippen LogP contribution in [-0.2, 0) is 33.3 Å². The molecule has 0 unspecified atom stereocenters. The Labute approximate surface area is 116 Å². The van der Waals surface area contributed by atoms with Gasteiger partial charge in [0.1, 0.15) is 0 Å². The van der Waals surface area contributed by atoms with Crippen LogP contribution in [0.15, 0.2) is 35.6 Å². The van der Waals surface area contributed by atoms with E-state index in [9.17, 15) is 14.4 Å². The molecule has 0 fully saturated rings. The first kappa shape index (κ1) is 17.4. The van der Waals surface area contributed by atoms with E-state index in [2.05, 4.69) is 14.2 Å². The molecule has 0 aromatic heterocycles. The van der Waals surface area contributed by atoms with Gasteiger partial charge >= 0.3 is 17.9 Å². The molecule has 0 aliphatic heterocycles. The summed E-state index contributed by atoms with van der Waals surface area (Å²) in [5.41, 5.74) is -0.0727. The Morgan fingerprint density at radius 1 is 0.750 bits per heavy atom. The van der Waals surface area contributed by atoms with E-state index < -0.39 is 17.9 Å². The minimum atomic E-state index is -0.740. The van der Waals surface area contributed by atoms with E-state index in [1.165, 1.54) is 34.5 Å². The minimum Gasteiger partial charge on any atom is -0.503 e. The summed E-state index contributed by atoms with van der Waals surface area (Å²) < 4.78 is 18.2. The van der Waals surface area contributed by atoms with Crippen LogP contribution in [0.2, 0.25) is 0 Å². The van der Waals surface area contributed by atoms with Crippen LogP contribution in [0.3, 0.4) is 0 Å². The maximum atomic E-state index is 11.5. The van der Waals surface area contributed by atoms with Crippen LogP contribution in [0.25, 0.3) is 0 Å². The summed E-state index contributed by atoms with van der Waals surface area (Å²) in [6.07, 6.45) is 4.44. The van der Waals surface area contributed by atoms with Crippen molar-refractivity contribution in [1.29, 1.82) is 0 Å². The van der Waals surface area contributed by atoms with Crippen molar-refractivity contribution in [2.24, 2.45) is 0 Å². The highest BCUT2D eigenvalue weighted by Gasteiger charge is 2.13. The molecular formula is C13H16O7. The molecule has 0 aliphatic carbocycles. The third-order valence-electron chi connectivity index (χ3n) is 2.00. The van der Waals surface area contributed by atoms with Crippen LogP contribution >= 0.6 is 0 Å². The molecule has 0 atom stereocenters. The van der Waals surface area contributed by atoms with Gasteiger partial charge in [-0.15, -0.1) is 0 Å². The van der Waals surface area contributed by atoms with Crippen molar-refractivity contribution in [3.05, 3.63) is 35.6 Å². The van der Waals surface area contributed by atoms with Gasteiger partial charge in [0.05, 0.1) is 45.8 Å². The van der Waals surface area contributed by atoms with Crippen LogP contribution in [-0.4, -0.2) is 46.3 Å². The second-order valence-electron chi connectivity index (χ2n) is 3.25. The molecule has 0 amide bonds. The number of esters is 3. The van der Waals surface area contributed by atoms with Gasteiger partial charge in [-0.25, -0.2) is 14.4 Å². The van der Waals surface area contributed by atoms with Gasteiger partial charge in [-0.3, -0.25) is 0 Å². The summed E-state index contributed by atoms with van der Waals surface area (Å²) in [6, 6.07) is 0. The fraction of sp³-hybridized carbons (Fsp3) is 0.308. The summed E-state index contributed by atoms with van der Waals surface area (Å²) in [5, 5.41) is 0. The number of rotatable bonds is 6. The van der Waals surface area contributed by atoms with Crippen molar-refractivity contribution in [1.82, 2.24) is 0 Å². The van der Waals surface area contributed by atoms with Gasteiger partial charge in [-0.2, -0.15) is 0 Å². The van der Waals surface area contributed by atoms with Gasteiger partial charge in [0.25, 0.3) is 0 Å². The molecule has 0 aromatic carbocycles. The molecule has 0 aromatic rings. The van der Waals surface area contributed by atoms with Crippen molar-refractivity contribution in [2.75, 3.05) is 28.4 Å². The summed E-state index contributed by atoms with van der Waals surface area (Å²) in [5.74, 6) is -2.11. The topological polar surface area (TPSA) is 88.1 Å². The van der Waals surface area contributed by atoms with Crippen molar-refractivity contribution in [3.8, 4) is 0 Å². The molecular weight excluding hydrogens is 268 g/mol. The minimum absolute atomic E-state index is 0.0232. The van der Waals surface area contributed by atoms with Gasteiger partial charge in [0.2, 0.25) is 0 Å². The predicted octanol–water partition coefficient (Wildman–Crippen LogP) is 0.518. The maximum absolute atomic E-state index is 11.5. The summed E-state index contributed by atoms with van der Waals surface area (Å²) >= 11 is 0. The van der Waals surface area contributed by atoms with Gasteiger partial charge in [-0.05, 0) is 12.2 Å². The molecule has 0 heterocycles. The van der Waals surface area contributed by atoms with Crippen LogP contribution in [0.1, 0.15) is 0 Å². The van der Waals surface area contributed by atoms with Crippen molar-refractivity contribution in [3.63, 3.8) is 0 Å². The Morgan fingerprint density at radius 3 is 1.75 bits per heavy atom. The lowest BCUT2D eigenvalue weighted by Crippen LogP contribution is -2.08.